The van der Waals surface area contributed by atoms with Gasteiger partial charge in [-0.15, -0.1) is 0 Å². The van der Waals surface area contributed by atoms with E-state index >= 15 is 0 Å². The first kappa shape index (κ1) is 10.4. The number of Topliss-reactive ketones (excluding diaryl/α,β-unsaturated/α-hetero) is 1. The zero-order valence-electron chi connectivity index (χ0n) is 9.07. The Kier molecular flexibility index (Phi) is 2.61. The summed E-state index contributed by atoms with van der Waals surface area (Å²) in [6.07, 6.45) is 6.40. The largest absolute Gasteiger partial charge is 0.329 e. The highest BCUT2D eigenvalue weighted by Gasteiger charge is 2.49. The van der Waals surface area contributed by atoms with E-state index in [4.69, 9.17) is 5.73 Å². The molecule has 1 saturated carbocycles. The van der Waals surface area contributed by atoms with Crippen LogP contribution in [0.15, 0.2) is 12.4 Å². The second-order valence-electron chi connectivity index (χ2n) is 4.26. The van der Waals surface area contributed by atoms with Crippen LogP contribution >= 0.6 is 0 Å². The van der Waals surface area contributed by atoms with Gasteiger partial charge in [-0.2, -0.15) is 0 Å². The number of nitrogens with zero attached hydrogens (tertiary/aromatic N) is 2. The van der Waals surface area contributed by atoms with Crippen molar-refractivity contribution in [3.05, 3.63) is 18.2 Å². The smallest absolute Gasteiger partial charge is 0.205 e. The number of nitrogens with two attached hydrogens (primary N) is 1. The molecule has 1 aliphatic carbocycles. The molecule has 0 amide bonds. The van der Waals surface area contributed by atoms with Gasteiger partial charge < -0.3 is 10.3 Å². The number of rotatable bonds is 5. The molecule has 4 heteroatoms. The summed E-state index contributed by atoms with van der Waals surface area (Å²) in [5, 5.41) is 0. The van der Waals surface area contributed by atoms with E-state index in [-0.39, 0.29) is 11.2 Å². The van der Waals surface area contributed by atoms with Gasteiger partial charge in [-0.05, 0) is 19.3 Å². The predicted molar refractivity (Wildman–Crippen MR) is 57.6 cm³/mol. The molecule has 1 aromatic heterocycles. The molecule has 2 rings (SSSR count). The van der Waals surface area contributed by atoms with Crippen molar-refractivity contribution in [2.75, 3.05) is 6.54 Å². The summed E-state index contributed by atoms with van der Waals surface area (Å²) in [5.74, 6) is 0.711. The van der Waals surface area contributed by atoms with E-state index in [0.717, 1.165) is 25.8 Å². The fraction of sp³-hybridized carbons (Fsp3) is 0.636. The highest BCUT2D eigenvalue weighted by molar-refractivity contribution is 5.99. The third-order valence-electron chi connectivity index (χ3n) is 3.11. The Labute approximate surface area is 89.5 Å². The fourth-order valence-corrected chi connectivity index (χ4v) is 1.85. The molecule has 82 valence electrons. The topological polar surface area (TPSA) is 60.9 Å². The number of aromatic nitrogens is 2. The summed E-state index contributed by atoms with van der Waals surface area (Å²) in [4.78, 5) is 16.3. The lowest BCUT2D eigenvalue weighted by atomic mass is 10.0. The van der Waals surface area contributed by atoms with Crippen molar-refractivity contribution in [2.45, 2.75) is 32.7 Å². The van der Waals surface area contributed by atoms with Gasteiger partial charge in [0.1, 0.15) is 0 Å². The Hall–Kier alpha value is -1.16. The van der Waals surface area contributed by atoms with Gasteiger partial charge in [0.05, 0.1) is 0 Å². The summed E-state index contributed by atoms with van der Waals surface area (Å²) in [7, 11) is 0. The van der Waals surface area contributed by atoms with Gasteiger partial charge >= 0.3 is 0 Å². The molecule has 0 bridgehead atoms. The van der Waals surface area contributed by atoms with Crippen molar-refractivity contribution in [2.24, 2.45) is 11.1 Å². The van der Waals surface area contributed by atoms with Crippen LogP contribution in [0, 0.1) is 5.41 Å². The average Bonchev–Trinajstić information content (AvgIpc) is 2.92. The highest BCUT2D eigenvalue weighted by atomic mass is 16.1. The van der Waals surface area contributed by atoms with Crippen molar-refractivity contribution in [1.29, 1.82) is 0 Å². The van der Waals surface area contributed by atoms with Gasteiger partial charge in [-0.3, -0.25) is 4.79 Å². The molecule has 15 heavy (non-hydrogen) atoms. The van der Waals surface area contributed by atoms with Crippen LogP contribution in [0.3, 0.4) is 0 Å². The number of hydrogen-bond acceptors (Lipinski definition) is 3. The SMILES string of the molecule is CCCn1ccnc1C(=O)C1(CN)CC1. The van der Waals surface area contributed by atoms with E-state index in [9.17, 15) is 4.79 Å². The lowest BCUT2D eigenvalue weighted by Gasteiger charge is -2.11. The second-order valence-corrected chi connectivity index (χ2v) is 4.26. The van der Waals surface area contributed by atoms with Crippen LogP contribution in [0.5, 0.6) is 0 Å². The van der Waals surface area contributed by atoms with Crippen LogP contribution in [-0.4, -0.2) is 21.9 Å². The maximum absolute atomic E-state index is 12.2. The van der Waals surface area contributed by atoms with E-state index in [1.807, 2.05) is 10.8 Å². The quantitative estimate of drug-likeness (QED) is 0.738. The van der Waals surface area contributed by atoms with E-state index in [0.29, 0.717) is 12.4 Å². The molecule has 1 aromatic rings. The van der Waals surface area contributed by atoms with Crippen LogP contribution in [0.2, 0.25) is 0 Å². The molecule has 0 radical (unpaired) electrons. The molecule has 1 fully saturated rings. The first-order valence-corrected chi connectivity index (χ1v) is 5.49. The minimum atomic E-state index is -0.281. The maximum Gasteiger partial charge on any atom is 0.205 e. The molecule has 0 unspecified atom stereocenters. The van der Waals surface area contributed by atoms with Crippen molar-refractivity contribution in [1.82, 2.24) is 9.55 Å². The van der Waals surface area contributed by atoms with Gasteiger partial charge in [0.25, 0.3) is 0 Å². The van der Waals surface area contributed by atoms with Crippen molar-refractivity contribution in [3.8, 4) is 0 Å². The van der Waals surface area contributed by atoms with E-state index in [1.54, 1.807) is 6.20 Å². The summed E-state index contributed by atoms with van der Waals surface area (Å²) in [6, 6.07) is 0. The van der Waals surface area contributed by atoms with Gasteiger partial charge in [0.2, 0.25) is 5.78 Å². The molecule has 0 spiro atoms. The number of ketones is 1. The first-order chi connectivity index (χ1) is 7.23. The summed E-state index contributed by atoms with van der Waals surface area (Å²) in [6.45, 7) is 3.39. The highest BCUT2D eigenvalue weighted by Crippen LogP contribution is 2.46. The van der Waals surface area contributed by atoms with Gasteiger partial charge in [-0.25, -0.2) is 4.98 Å². The van der Waals surface area contributed by atoms with Gasteiger partial charge in [0, 0.05) is 30.9 Å². The molecule has 1 aliphatic rings. The minimum absolute atomic E-state index is 0.128. The second kappa shape index (κ2) is 3.77. The molecule has 0 aromatic carbocycles. The molecule has 4 nitrogen and oxygen atoms in total. The standard InChI is InChI=1S/C11H17N3O/c1-2-6-14-7-5-13-10(14)9(15)11(8-12)3-4-11/h5,7H,2-4,6,8,12H2,1H3. The Morgan fingerprint density at radius 2 is 2.40 bits per heavy atom. The Morgan fingerprint density at radius 1 is 1.67 bits per heavy atom. The van der Waals surface area contributed by atoms with Gasteiger partial charge in [0.15, 0.2) is 5.82 Å². The molecule has 0 atom stereocenters. The van der Waals surface area contributed by atoms with E-state index in [1.165, 1.54) is 0 Å². The predicted octanol–water partition coefficient (Wildman–Crippen LogP) is 1.21. The number of imidazole rings is 1. The van der Waals surface area contributed by atoms with E-state index in [2.05, 4.69) is 11.9 Å². The maximum atomic E-state index is 12.2. The summed E-state index contributed by atoms with van der Waals surface area (Å²) in [5.41, 5.74) is 5.36. The number of hydrogen-bond donors (Lipinski definition) is 1. The van der Waals surface area contributed by atoms with Gasteiger partial charge in [-0.1, -0.05) is 6.92 Å². The third kappa shape index (κ3) is 1.69. The molecular weight excluding hydrogens is 190 g/mol. The summed E-state index contributed by atoms with van der Waals surface area (Å²) < 4.78 is 1.93. The third-order valence-corrected chi connectivity index (χ3v) is 3.11. The lowest BCUT2D eigenvalue weighted by molar-refractivity contribution is 0.0890. The first-order valence-electron chi connectivity index (χ1n) is 5.49. The van der Waals surface area contributed by atoms with Crippen molar-refractivity contribution in [3.63, 3.8) is 0 Å². The van der Waals surface area contributed by atoms with Crippen LogP contribution < -0.4 is 5.73 Å². The minimum Gasteiger partial charge on any atom is -0.329 e. The Bertz CT molecular complexity index is 366. The van der Waals surface area contributed by atoms with Crippen LogP contribution in [0.1, 0.15) is 36.8 Å². The normalized spacial score (nSPS) is 17.7. The van der Waals surface area contributed by atoms with Crippen molar-refractivity contribution >= 4 is 5.78 Å². The molecule has 0 aliphatic heterocycles. The van der Waals surface area contributed by atoms with Crippen LogP contribution in [-0.2, 0) is 6.54 Å². The number of aryl methyl sites for hydroxylation is 1. The zero-order valence-corrected chi connectivity index (χ0v) is 9.07. The van der Waals surface area contributed by atoms with Crippen LogP contribution in [0.25, 0.3) is 0 Å². The van der Waals surface area contributed by atoms with Crippen LogP contribution in [0.4, 0.5) is 0 Å². The monoisotopic (exact) mass is 207 g/mol. The lowest BCUT2D eigenvalue weighted by Crippen LogP contribution is -2.28. The molecule has 0 saturated heterocycles. The molecule has 1 heterocycles. The fourth-order valence-electron chi connectivity index (χ4n) is 1.85. The molecular formula is C11H17N3O. The van der Waals surface area contributed by atoms with Crippen molar-refractivity contribution < 1.29 is 4.79 Å². The van der Waals surface area contributed by atoms with E-state index < -0.39 is 0 Å². The number of carbonyl (C=O) groups excluding carboxylic acids is 1. The average molecular weight is 207 g/mol. The summed E-state index contributed by atoms with van der Waals surface area (Å²) >= 11 is 0. The zero-order chi connectivity index (χ0) is 10.9. The number of carbonyl (C=O) groups is 1. The molecule has 2 N–H and O–H groups in total. The Morgan fingerprint density at radius 3 is 2.93 bits per heavy atom. The Balaban J connectivity index is 2.22.